The first-order valence-electron chi connectivity index (χ1n) is 7.59. The normalized spacial score (nSPS) is 28.4. The van der Waals surface area contributed by atoms with Gasteiger partial charge in [-0.25, -0.2) is 4.68 Å². The van der Waals surface area contributed by atoms with E-state index in [0.29, 0.717) is 33.6 Å². The Hall–Kier alpha value is -1.66. The number of halogens is 1. The Morgan fingerprint density at radius 2 is 2.18 bits per heavy atom. The van der Waals surface area contributed by atoms with Gasteiger partial charge in [-0.1, -0.05) is 16.8 Å². The van der Waals surface area contributed by atoms with E-state index in [0.717, 1.165) is 19.4 Å². The molecule has 3 heterocycles. The Kier molecular flexibility index (Phi) is 3.13. The first kappa shape index (κ1) is 14.0. The van der Waals surface area contributed by atoms with Crippen molar-refractivity contribution in [2.45, 2.75) is 31.3 Å². The number of anilines is 1. The van der Waals surface area contributed by atoms with Crippen LogP contribution in [0.4, 0.5) is 5.69 Å². The summed E-state index contributed by atoms with van der Waals surface area (Å²) >= 11 is 6.05. The summed E-state index contributed by atoms with van der Waals surface area (Å²) in [6.45, 7) is 1.02. The Bertz CT molecular complexity index is 804. The number of benzene rings is 1. The van der Waals surface area contributed by atoms with Crippen LogP contribution in [0.25, 0.3) is 10.9 Å². The lowest BCUT2D eigenvalue weighted by atomic mass is 9.76. The van der Waals surface area contributed by atoms with Gasteiger partial charge in [-0.2, -0.15) is 0 Å². The molecule has 2 aromatic rings. The van der Waals surface area contributed by atoms with Gasteiger partial charge in [-0.15, -0.1) is 5.10 Å². The van der Waals surface area contributed by atoms with Crippen molar-refractivity contribution in [3.8, 4) is 0 Å². The van der Waals surface area contributed by atoms with E-state index in [2.05, 4.69) is 22.3 Å². The van der Waals surface area contributed by atoms with Crippen molar-refractivity contribution in [3.63, 3.8) is 0 Å². The Morgan fingerprint density at radius 3 is 2.86 bits per heavy atom. The smallest absolute Gasteiger partial charge is 0.277 e. The van der Waals surface area contributed by atoms with Crippen molar-refractivity contribution in [3.05, 3.63) is 27.5 Å². The lowest BCUT2D eigenvalue weighted by molar-refractivity contribution is 0.0216. The molecule has 2 unspecified atom stereocenters. The molecule has 5 rings (SSSR count). The van der Waals surface area contributed by atoms with Crippen molar-refractivity contribution < 1.29 is 0 Å². The predicted molar refractivity (Wildman–Crippen MR) is 86.0 cm³/mol. The van der Waals surface area contributed by atoms with Crippen LogP contribution in [0, 0.1) is 5.92 Å². The number of aromatic nitrogens is 3. The van der Waals surface area contributed by atoms with Gasteiger partial charge in [-0.05, 0) is 44.4 Å². The molecule has 0 amide bonds. The van der Waals surface area contributed by atoms with Gasteiger partial charge in [0, 0.05) is 12.6 Å². The quantitative estimate of drug-likeness (QED) is 0.809. The second-order valence-electron chi connectivity index (χ2n) is 6.46. The number of nitrogen functional groups attached to an aromatic ring is 1. The maximum Gasteiger partial charge on any atom is 0.277 e. The minimum Gasteiger partial charge on any atom is -0.397 e. The van der Waals surface area contributed by atoms with Crippen LogP contribution in [0.1, 0.15) is 25.3 Å². The van der Waals surface area contributed by atoms with Crippen LogP contribution >= 0.6 is 11.6 Å². The molecule has 1 saturated carbocycles. The molecule has 0 radical (unpaired) electrons. The van der Waals surface area contributed by atoms with Crippen LogP contribution < -0.4 is 11.3 Å². The predicted octanol–water partition coefficient (Wildman–Crippen LogP) is 1.68. The molecule has 22 heavy (non-hydrogen) atoms. The molecule has 3 fully saturated rings. The van der Waals surface area contributed by atoms with E-state index in [1.807, 2.05) is 0 Å². The summed E-state index contributed by atoms with van der Waals surface area (Å²) in [5.74, 6) is 0.462. The highest BCUT2D eigenvalue weighted by molar-refractivity contribution is 6.33. The molecule has 2 N–H and O–H groups in total. The Morgan fingerprint density at radius 1 is 1.36 bits per heavy atom. The molecule has 2 aliphatic heterocycles. The Balaban J connectivity index is 1.82. The molecule has 3 atom stereocenters. The molecular weight excluding hydrogens is 302 g/mol. The van der Waals surface area contributed by atoms with Gasteiger partial charge < -0.3 is 10.6 Å². The van der Waals surface area contributed by atoms with E-state index < -0.39 is 0 Å². The molecule has 1 aliphatic carbocycles. The number of fused-ring (bicyclic) bond motifs is 4. The van der Waals surface area contributed by atoms with Crippen LogP contribution in [0.3, 0.4) is 0 Å². The topological polar surface area (TPSA) is 77.0 Å². The van der Waals surface area contributed by atoms with Gasteiger partial charge in [0.1, 0.15) is 5.52 Å². The fraction of sp³-hybridized carbons (Fsp3) is 0.533. The number of hydrogen-bond acceptors (Lipinski definition) is 5. The van der Waals surface area contributed by atoms with Crippen molar-refractivity contribution in [1.82, 2.24) is 19.9 Å². The minimum absolute atomic E-state index is 0.118. The SMILES string of the molecule is CN1CC2CCC1C[C@@H]2n1nnc2cc(N)c(Cl)cc2c1=O. The summed E-state index contributed by atoms with van der Waals surface area (Å²) in [6.07, 6.45) is 3.31. The molecule has 1 aromatic heterocycles. The van der Waals surface area contributed by atoms with Gasteiger partial charge in [0.25, 0.3) is 5.56 Å². The zero-order valence-electron chi connectivity index (χ0n) is 12.4. The van der Waals surface area contributed by atoms with Crippen molar-refractivity contribution in [1.29, 1.82) is 0 Å². The molecule has 2 bridgehead atoms. The molecular formula is C15H18ClN5O. The molecule has 1 aromatic carbocycles. The summed E-state index contributed by atoms with van der Waals surface area (Å²) in [5.41, 5.74) is 6.57. The largest absolute Gasteiger partial charge is 0.397 e. The summed E-state index contributed by atoms with van der Waals surface area (Å²) in [7, 11) is 2.16. The first-order valence-corrected chi connectivity index (χ1v) is 7.97. The molecule has 116 valence electrons. The molecule has 0 spiro atoms. The van der Waals surface area contributed by atoms with E-state index >= 15 is 0 Å². The highest BCUT2D eigenvalue weighted by Crippen LogP contribution is 2.40. The van der Waals surface area contributed by atoms with Crippen molar-refractivity contribution in [2.24, 2.45) is 5.92 Å². The van der Waals surface area contributed by atoms with Gasteiger partial charge in [-0.3, -0.25) is 4.79 Å². The summed E-state index contributed by atoms with van der Waals surface area (Å²) in [5, 5.41) is 9.24. The van der Waals surface area contributed by atoms with Gasteiger partial charge >= 0.3 is 0 Å². The number of hydrogen-bond donors (Lipinski definition) is 1. The van der Waals surface area contributed by atoms with E-state index in [4.69, 9.17) is 17.3 Å². The van der Waals surface area contributed by atoms with Gasteiger partial charge in [0.05, 0.1) is 22.1 Å². The van der Waals surface area contributed by atoms with Crippen LogP contribution in [-0.4, -0.2) is 39.5 Å². The molecule has 7 heteroatoms. The second kappa shape index (κ2) is 4.93. The zero-order valence-corrected chi connectivity index (χ0v) is 13.1. The molecule has 3 aliphatic rings. The van der Waals surface area contributed by atoms with Gasteiger partial charge in [0.2, 0.25) is 0 Å². The zero-order chi connectivity index (χ0) is 15.4. The number of rotatable bonds is 1. The summed E-state index contributed by atoms with van der Waals surface area (Å²) in [4.78, 5) is 15.2. The lowest BCUT2D eigenvalue weighted by Crippen LogP contribution is -2.52. The van der Waals surface area contributed by atoms with Gasteiger partial charge in [0.15, 0.2) is 0 Å². The maximum atomic E-state index is 12.8. The van der Waals surface area contributed by atoms with Crippen molar-refractivity contribution >= 4 is 28.2 Å². The van der Waals surface area contributed by atoms with E-state index in [9.17, 15) is 4.79 Å². The third kappa shape index (κ3) is 2.01. The second-order valence-corrected chi connectivity index (χ2v) is 6.87. The maximum absolute atomic E-state index is 12.8. The first-order chi connectivity index (χ1) is 10.5. The molecule has 2 saturated heterocycles. The third-order valence-electron chi connectivity index (χ3n) is 5.19. The third-order valence-corrected chi connectivity index (χ3v) is 5.52. The lowest BCUT2D eigenvalue weighted by Gasteiger charge is -2.47. The number of nitrogens with zero attached hydrogens (tertiary/aromatic N) is 4. The minimum atomic E-state index is -0.118. The highest BCUT2D eigenvalue weighted by Gasteiger charge is 2.40. The highest BCUT2D eigenvalue weighted by atomic mass is 35.5. The van der Waals surface area contributed by atoms with E-state index in [-0.39, 0.29) is 11.6 Å². The fourth-order valence-corrected chi connectivity index (χ4v) is 4.09. The van der Waals surface area contributed by atoms with E-state index in [1.54, 1.807) is 16.8 Å². The monoisotopic (exact) mass is 319 g/mol. The van der Waals surface area contributed by atoms with Crippen LogP contribution in [0.15, 0.2) is 16.9 Å². The standard InChI is InChI=1S/C15H18ClN5O/c1-20-7-8-2-3-9(20)4-14(8)21-15(22)10-5-11(16)12(17)6-13(10)18-19-21/h5-6,8-9,14H,2-4,7,17H2,1H3/t8?,9?,14-/m0/s1. The van der Waals surface area contributed by atoms with E-state index in [1.165, 1.54) is 6.42 Å². The number of piperidine rings is 2. The average Bonchev–Trinajstić information content (AvgIpc) is 2.50. The summed E-state index contributed by atoms with van der Waals surface area (Å²) < 4.78 is 1.57. The van der Waals surface area contributed by atoms with Crippen LogP contribution in [0.5, 0.6) is 0 Å². The van der Waals surface area contributed by atoms with Crippen molar-refractivity contribution in [2.75, 3.05) is 19.3 Å². The molecule has 6 nitrogen and oxygen atoms in total. The number of nitrogens with two attached hydrogens (primary N) is 1. The summed E-state index contributed by atoms with van der Waals surface area (Å²) in [6, 6.07) is 3.88. The Labute approximate surface area is 132 Å². The van der Waals surface area contributed by atoms with Crippen LogP contribution in [0.2, 0.25) is 5.02 Å². The average molecular weight is 320 g/mol. The van der Waals surface area contributed by atoms with Crippen LogP contribution in [-0.2, 0) is 0 Å². The fourth-order valence-electron chi connectivity index (χ4n) is 3.93.